The second kappa shape index (κ2) is 7.45. The zero-order chi connectivity index (χ0) is 18.0. The van der Waals surface area contributed by atoms with Gasteiger partial charge >= 0.3 is 6.09 Å². The molecule has 2 aromatic carbocycles. The van der Waals surface area contributed by atoms with Crippen molar-refractivity contribution in [1.82, 2.24) is 4.90 Å². The number of aliphatic hydroxyl groups excluding tert-OH is 1. The Morgan fingerprint density at radius 2 is 1.96 bits per heavy atom. The minimum Gasteiger partial charge on any atom is -0.465 e. The first-order valence-electron chi connectivity index (χ1n) is 8.25. The van der Waals surface area contributed by atoms with Crippen LogP contribution in [-0.4, -0.2) is 33.3 Å². The Labute approximate surface area is 155 Å². The molecule has 1 heterocycles. The highest BCUT2D eigenvalue weighted by Crippen LogP contribution is 2.35. The minimum absolute atomic E-state index is 0.156. The Morgan fingerprint density at radius 1 is 1.24 bits per heavy atom. The molecule has 4 N–H and O–H groups in total. The van der Waals surface area contributed by atoms with E-state index in [0.29, 0.717) is 18.5 Å². The highest BCUT2D eigenvalue weighted by molar-refractivity contribution is 9.10. The Bertz CT molecular complexity index is 754. The molecule has 25 heavy (non-hydrogen) atoms. The maximum absolute atomic E-state index is 11.9. The number of hydrogen-bond donors (Lipinski definition) is 3. The molecule has 1 fully saturated rings. The van der Waals surface area contributed by atoms with Gasteiger partial charge in [0.25, 0.3) is 0 Å². The van der Waals surface area contributed by atoms with Crippen LogP contribution in [0.5, 0.6) is 0 Å². The first-order chi connectivity index (χ1) is 12.0. The normalized spacial score (nSPS) is 21.3. The second-order valence-electron chi connectivity index (χ2n) is 6.40. The minimum atomic E-state index is -0.989. The van der Waals surface area contributed by atoms with Gasteiger partial charge < -0.3 is 15.9 Å². The molecule has 0 spiro atoms. The molecule has 1 amide bonds. The number of carboxylic acid groups (broad SMARTS) is 1. The maximum Gasteiger partial charge on any atom is 0.407 e. The van der Waals surface area contributed by atoms with E-state index < -0.39 is 18.2 Å². The lowest BCUT2D eigenvalue weighted by molar-refractivity contribution is 0.0540. The summed E-state index contributed by atoms with van der Waals surface area (Å²) < 4.78 is 0.811. The molecule has 1 aliphatic rings. The molecule has 2 aromatic rings. The Hall–Kier alpha value is -2.05. The summed E-state index contributed by atoms with van der Waals surface area (Å²) in [6.45, 7) is 0. The number of carbonyl (C=O) groups is 1. The smallest absolute Gasteiger partial charge is 0.407 e. The van der Waals surface area contributed by atoms with Crippen molar-refractivity contribution in [2.75, 3.05) is 5.73 Å². The third-order valence-electron chi connectivity index (χ3n) is 4.81. The van der Waals surface area contributed by atoms with Crippen LogP contribution < -0.4 is 5.73 Å². The number of amides is 1. The van der Waals surface area contributed by atoms with Gasteiger partial charge in [-0.2, -0.15) is 0 Å². The van der Waals surface area contributed by atoms with Gasteiger partial charge in [-0.05, 0) is 58.5 Å². The maximum atomic E-state index is 11.9. The van der Waals surface area contributed by atoms with Crippen LogP contribution in [0.4, 0.5) is 10.5 Å². The highest BCUT2D eigenvalue weighted by atomic mass is 79.9. The Balaban J connectivity index is 1.79. The van der Waals surface area contributed by atoms with Crippen molar-refractivity contribution in [3.63, 3.8) is 0 Å². The van der Waals surface area contributed by atoms with E-state index in [2.05, 4.69) is 15.9 Å². The van der Waals surface area contributed by atoms with Crippen molar-refractivity contribution < 1.29 is 15.0 Å². The van der Waals surface area contributed by atoms with Gasteiger partial charge in [-0.25, -0.2) is 4.79 Å². The molecule has 1 aliphatic heterocycles. The van der Waals surface area contributed by atoms with Crippen molar-refractivity contribution in [2.45, 2.75) is 37.5 Å². The summed E-state index contributed by atoms with van der Waals surface area (Å²) in [4.78, 5) is 13.3. The number of halogens is 1. The van der Waals surface area contributed by atoms with Crippen LogP contribution in [0.3, 0.4) is 0 Å². The fourth-order valence-electron chi connectivity index (χ4n) is 3.56. The predicted molar refractivity (Wildman–Crippen MR) is 100 cm³/mol. The van der Waals surface area contributed by atoms with Gasteiger partial charge in [0.1, 0.15) is 0 Å². The van der Waals surface area contributed by atoms with E-state index in [1.807, 2.05) is 48.5 Å². The van der Waals surface area contributed by atoms with Crippen molar-refractivity contribution in [3.05, 3.63) is 64.1 Å². The summed E-state index contributed by atoms with van der Waals surface area (Å²) >= 11 is 3.41. The Morgan fingerprint density at radius 3 is 2.60 bits per heavy atom. The molecular weight excluding hydrogens is 384 g/mol. The predicted octanol–water partition coefficient (Wildman–Crippen LogP) is 3.82. The van der Waals surface area contributed by atoms with E-state index in [1.54, 1.807) is 0 Å². The molecular formula is C19H21BrN2O3. The molecule has 0 saturated carbocycles. The van der Waals surface area contributed by atoms with Crippen LogP contribution in [0.1, 0.15) is 30.1 Å². The lowest BCUT2D eigenvalue weighted by atomic mass is 10.0. The van der Waals surface area contributed by atoms with Crippen molar-refractivity contribution in [1.29, 1.82) is 0 Å². The van der Waals surface area contributed by atoms with E-state index in [-0.39, 0.29) is 6.04 Å². The molecule has 5 nitrogen and oxygen atoms in total. The van der Waals surface area contributed by atoms with Gasteiger partial charge in [0.05, 0.1) is 12.1 Å². The topological polar surface area (TPSA) is 86.8 Å². The molecule has 132 valence electrons. The summed E-state index contributed by atoms with van der Waals surface area (Å²) in [5, 5.41) is 20.4. The number of aliphatic hydroxyl groups is 1. The lowest BCUT2D eigenvalue weighted by Crippen LogP contribution is -2.44. The van der Waals surface area contributed by atoms with Crippen molar-refractivity contribution in [2.24, 2.45) is 0 Å². The number of rotatable bonds is 4. The third-order valence-corrected chi connectivity index (χ3v) is 5.50. The molecule has 1 saturated heterocycles. The molecule has 0 aliphatic carbocycles. The fraction of sp³-hybridized carbons (Fsp3) is 0.316. The van der Waals surface area contributed by atoms with Crippen LogP contribution in [0.2, 0.25) is 0 Å². The van der Waals surface area contributed by atoms with Crippen LogP contribution in [0.15, 0.2) is 53.0 Å². The zero-order valence-electron chi connectivity index (χ0n) is 13.7. The lowest BCUT2D eigenvalue weighted by Gasteiger charge is -2.31. The summed E-state index contributed by atoms with van der Waals surface area (Å²) in [6, 6.07) is 14.3. The van der Waals surface area contributed by atoms with Gasteiger partial charge in [0.2, 0.25) is 0 Å². The van der Waals surface area contributed by atoms with E-state index >= 15 is 0 Å². The monoisotopic (exact) mass is 404 g/mol. The van der Waals surface area contributed by atoms with E-state index in [9.17, 15) is 15.0 Å². The van der Waals surface area contributed by atoms with Crippen molar-refractivity contribution in [3.8, 4) is 0 Å². The van der Waals surface area contributed by atoms with Crippen LogP contribution in [-0.2, 0) is 6.42 Å². The number of likely N-dealkylation sites (tertiary alicyclic amines) is 1. The average Bonchev–Trinajstić information content (AvgIpc) is 3.02. The number of anilines is 1. The number of nitrogens with two attached hydrogens (primary N) is 1. The molecule has 0 radical (unpaired) electrons. The third kappa shape index (κ3) is 3.80. The molecule has 3 atom stereocenters. The summed E-state index contributed by atoms with van der Waals surface area (Å²) in [7, 11) is 0. The van der Waals surface area contributed by atoms with Gasteiger partial charge in [0, 0.05) is 16.2 Å². The number of hydrogen-bond acceptors (Lipinski definition) is 3. The molecule has 0 aromatic heterocycles. The van der Waals surface area contributed by atoms with Gasteiger partial charge in [-0.1, -0.05) is 36.4 Å². The first kappa shape index (κ1) is 17.8. The van der Waals surface area contributed by atoms with Gasteiger partial charge in [-0.3, -0.25) is 4.90 Å². The number of benzene rings is 2. The second-order valence-corrected chi connectivity index (χ2v) is 7.26. The van der Waals surface area contributed by atoms with E-state index in [0.717, 1.165) is 22.0 Å². The van der Waals surface area contributed by atoms with Gasteiger partial charge in [-0.15, -0.1) is 0 Å². The summed E-state index contributed by atoms with van der Waals surface area (Å²) in [5.41, 5.74) is 8.23. The number of nitrogens with zero attached hydrogens (tertiary/aromatic N) is 1. The standard InChI is InChI=1S/C19H21BrN2O3/c20-15-11-12(6-8-16(15)21)10-14-7-9-17(22(14)19(24)25)18(23)13-4-2-1-3-5-13/h1-6,8,11,14,17-18,23H,7,9-10,21H2,(H,24,25)/t14-,17-,18?/m1/s1. The SMILES string of the molecule is Nc1ccc(C[C@H]2CC[C@H](C(O)c3ccccc3)N2C(=O)O)cc1Br. The number of nitrogen functional groups attached to an aromatic ring is 1. The van der Waals surface area contributed by atoms with Crippen molar-refractivity contribution >= 4 is 27.7 Å². The molecule has 0 bridgehead atoms. The van der Waals surface area contributed by atoms with E-state index in [4.69, 9.17) is 5.73 Å². The fourth-order valence-corrected chi connectivity index (χ4v) is 3.99. The van der Waals surface area contributed by atoms with Gasteiger partial charge in [0.15, 0.2) is 0 Å². The van der Waals surface area contributed by atoms with Crippen LogP contribution in [0.25, 0.3) is 0 Å². The summed E-state index contributed by atoms with van der Waals surface area (Å²) in [6.07, 6.45) is 0.160. The largest absolute Gasteiger partial charge is 0.465 e. The highest BCUT2D eigenvalue weighted by Gasteiger charge is 2.41. The summed E-state index contributed by atoms with van der Waals surface area (Å²) in [5.74, 6) is 0. The molecule has 1 unspecified atom stereocenters. The first-order valence-corrected chi connectivity index (χ1v) is 9.05. The quantitative estimate of drug-likeness (QED) is 0.675. The van der Waals surface area contributed by atoms with E-state index in [1.165, 1.54) is 4.90 Å². The zero-order valence-corrected chi connectivity index (χ0v) is 15.3. The average molecular weight is 405 g/mol. The van der Waals surface area contributed by atoms with Crippen LogP contribution in [0, 0.1) is 0 Å². The molecule has 6 heteroatoms. The Kier molecular flexibility index (Phi) is 5.30. The molecule has 3 rings (SSSR count). The van der Waals surface area contributed by atoms with Crippen LogP contribution >= 0.6 is 15.9 Å².